The average molecular weight is 459 g/mol. The van der Waals surface area contributed by atoms with Crippen molar-refractivity contribution in [2.45, 2.75) is 53.2 Å². The highest BCUT2D eigenvalue weighted by Crippen LogP contribution is 2.27. The van der Waals surface area contributed by atoms with Crippen LogP contribution in [0.1, 0.15) is 39.0 Å². The Labute approximate surface area is 192 Å². The fourth-order valence-electron chi connectivity index (χ4n) is 3.55. The zero-order chi connectivity index (χ0) is 23.5. The SMILES string of the molecule is CC(=O)NC(C(=O)N1COCC1C(=O)NCc1ccc(-c2scnc2C)cc1)C(C)(C)C. The van der Waals surface area contributed by atoms with Gasteiger partial charge in [0.2, 0.25) is 17.7 Å². The van der Waals surface area contributed by atoms with Crippen LogP contribution in [0.15, 0.2) is 29.8 Å². The molecule has 172 valence electrons. The molecule has 0 aliphatic carbocycles. The van der Waals surface area contributed by atoms with E-state index in [0.29, 0.717) is 6.54 Å². The summed E-state index contributed by atoms with van der Waals surface area (Å²) >= 11 is 1.60. The van der Waals surface area contributed by atoms with E-state index in [1.807, 2.05) is 57.5 Å². The first-order valence-corrected chi connectivity index (χ1v) is 11.4. The maximum Gasteiger partial charge on any atom is 0.248 e. The van der Waals surface area contributed by atoms with Crippen molar-refractivity contribution < 1.29 is 19.1 Å². The Kier molecular flexibility index (Phi) is 7.30. The van der Waals surface area contributed by atoms with Crippen molar-refractivity contribution in [1.82, 2.24) is 20.5 Å². The molecule has 8 nitrogen and oxygen atoms in total. The van der Waals surface area contributed by atoms with Gasteiger partial charge < -0.3 is 20.3 Å². The molecule has 0 bridgehead atoms. The van der Waals surface area contributed by atoms with Crippen LogP contribution in [0.5, 0.6) is 0 Å². The summed E-state index contributed by atoms with van der Waals surface area (Å²) in [5, 5.41) is 5.61. The Morgan fingerprint density at radius 1 is 1.25 bits per heavy atom. The van der Waals surface area contributed by atoms with Gasteiger partial charge in [-0.2, -0.15) is 0 Å². The van der Waals surface area contributed by atoms with Crippen LogP contribution in [0.3, 0.4) is 0 Å². The number of thiazole rings is 1. The first-order valence-electron chi connectivity index (χ1n) is 10.5. The molecule has 32 heavy (non-hydrogen) atoms. The highest BCUT2D eigenvalue weighted by molar-refractivity contribution is 7.13. The molecule has 2 heterocycles. The zero-order valence-electron chi connectivity index (χ0n) is 19.1. The predicted octanol–water partition coefficient (Wildman–Crippen LogP) is 2.47. The third kappa shape index (κ3) is 5.52. The third-order valence-electron chi connectivity index (χ3n) is 5.36. The molecule has 1 fully saturated rings. The van der Waals surface area contributed by atoms with Gasteiger partial charge >= 0.3 is 0 Å². The van der Waals surface area contributed by atoms with E-state index in [9.17, 15) is 14.4 Å². The number of nitrogens with one attached hydrogen (secondary N) is 2. The molecule has 1 aliphatic rings. The standard InChI is InChI=1S/C23H30N4O4S/c1-14-19(32-12-25-14)17-8-6-16(7-9-17)10-24-21(29)18-11-31-13-27(18)22(30)20(23(3,4)5)26-15(2)28/h6-9,12,18,20H,10-11,13H2,1-5H3,(H,24,29)(H,26,28). The Hall–Kier alpha value is -2.78. The van der Waals surface area contributed by atoms with Gasteiger partial charge in [-0.15, -0.1) is 11.3 Å². The molecule has 9 heteroatoms. The van der Waals surface area contributed by atoms with Crippen LogP contribution in [0.4, 0.5) is 0 Å². The van der Waals surface area contributed by atoms with Gasteiger partial charge in [-0.1, -0.05) is 45.0 Å². The topological polar surface area (TPSA) is 101 Å². The van der Waals surface area contributed by atoms with Crippen LogP contribution < -0.4 is 10.6 Å². The molecular weight excluding hydrogens is 428 g/mol. The number of hydrogen-bond acceptors (Lipinski definition) is 6. The Balaban J connectivity index is 1.63. The van der Waals surface area contributed by atoms with Crippen LogP contribution in [-0.2, 0) is 25.7 Å². The molecule has 0 spiro atoms. The number of hydrogen-bond donors (Lipinski definition) is 2. The highest BCUT2D eigenvalue weighted by Gasteiger charge is 2.42. The van der Waals surface area contributed by atoms with Gasteiger partial charge in [-0.05, 0) is 23.5 Å². The summed E-state index contributed by atoms with van der Waals surface area (Å²) < 4.78 is 5.43. The molecule has 2 aromatic rings. The van der Waals surface area contributed by atoms with E-state index in [4.69, 9.17) is 4.74 Å². The number of aryl methyl sites for hydroxylation is 1. The van der Waals surface area contributed by atoms with E-state index in [0.717, 1.165) is 21.7 Å². The summed E-state index contributed by atoms with van der Waals surface area (Å²) in [6, 6.07) is 6.47. The molecule has 3 amide bonds. The third-order valence-corrected chi connectivity index (χ3v) is 6.33. The molecule has 1 saturated heterocycles. The van der Waals surface area contributed by atoms with Gasteiger partial charge in [0.25, 0.3) is 0 Å². The molecular formula is C23H30N4O4S. The van der Waals surface area contributed by atoms with Gasteiger partial charge in [0, 0.05) is 13.5 Å². The van der Waals surface area contributed by atoms with E-state index in [1.54, 1.807) is 11.3 Å². The number of carbonyl (C=O) groups excluding carboxylic acids is 3. The number of carbonyl (C=O) groups is 3. The summed E-state index contributed by atoms with van der Waals surface area (Å²) in [5.41, 5.74) is 4.35. The largest absolute Gasteiger partial charge is 0.358 e. The number of rotatable bonds is 6. The number of amides is 3. The van der Waals surface area contributed by atoms with Gasteiger partial charge in [-0.25, -0.2) is 4.98 Å². The van der Waals surface area contributed by atoms with Crippen LogP contribution in [0.2, 0.25) is 0 Å². The van der Waals surface area contributed by atoms with Gasteiger partial charge in [-0.3, -0.25) is 14.4 Å². The summed E-state index contributed by atoms with van der Waals surface area (Å²) in [6.45, 7) is 9.45. The molecule has 2 atom stereocenters. The zero-order valence-corrected chi connectivity index (χ0v) is 19.9. The molecule has 0 radical (unpaired) electrons. The van der Waals surface area contributed by atoms with Crippen molar-refractivity contribution in [2.75, 3.05) is 13.3 Å². The Morgan fingerprint density at radius 3 is 2.50 bits per heavy atom. The minimum Gasteiger partial charge on any atom is -0.358 e. The molecule has 1 aromatic carbocycles. The van der Waals surface area contributed by atoms with E-state index in [-0.39, 0.29) is 31.1 Å². The first kappa shape index (κ1) is 23.9. The summed E-state index contributed by atoms with van der Waals surface area (Å²) in [5.74, 6) is -0.903. The van der Waals surface area contributed by atoms with Gasteiger partial charge in [0.05, 0.1) is 22.7 Å². The monoisotopic (exact) mass is 458 g/mol. The first-order chi connectivity index (χ1) is 15.1. The molecule has 0 saturated carbocycles. The maximum atomic E-state index is 13.1. The highest BCUT2D eigenvalue weighted by atomic mass is 32.1. The molecule has 3 rings (SSSR count). The minimum atomic E-state index is -0.750. The smallest absolute Gasteiger partial charge is 0.248 e. The average Bonchev–Trinajstić information content (AvgIpc) is 3.38. The van der Waals surface area contributed by atoms with Crippen LogP contribution in [-0.4, -0.2) is 53.0 Å². The molecule has 1 aliphatic heterocycles. The fraction of sp³-hybridized carbons (Fsp3) is 0.478. The predicted molar refractivity (Wildman–Crippen MR) is 123 cm³/mol. The Bertz CT molecular complexity index is 981. The second-order valence-electron chi connectivity index (χ2n) is 9.00. The molecule has 2 unspecified atom stereocenters. The summed E-state index contributed by atoms with van der Waals surface area (Å²) in [4.78, 5) is 44.4. The number of benzene rings is 1. The lowest BCUT2D eigenvalue weighted by atomic mass is 9.85. The van der Waals surface area contributed by atoms with Crippen LogP contribution in [0, 0.1) is 12.3 Å². The molecule has 1 aromatic heterocycles. The lowest BCUT2D eigenvalue weighted by molar-refractivity contribution is -0.144. The van der Waals surface area contributed by atoms with Crippen molar-refractivity contribution in [2.24, 2.45) is 5.41 Å². The number of ether oxygens (including phenoxy) is 1. The van der Waals surface area contributed by atoms with Crippen molar-refractivity contribution >= 4 is 29.1 Å². The van der Waals surface area contributed by atoms with Crippen molar-refractivity contribution in [1.29, 1.82) is 0 Å². The van der Waals surface area contributed by atoms with Crippen LogP contribution >= 0.6 is 11.3 Å². The minimum absolute atomic E-state index is 0.0198. The van der Waals surface area contributed by atoms with Gasteiger partial charge in [0.15, 0.2) is 0 Å². The second kappa shape index (κ2) is 9.79. The van der Waals surface area contributed by atoms with Gasteiger partial charge in [0.1, 0.15) is 18.8 Å². The van der Waals surface area contributed by atoms with E-state index in [1.165, 1.54) is 11.8 Å². The number of aromatic nitrogens is 1. The van der Waals surface area contributed by atoms with E-state index in [2.05, 4.69) is 15.6 Å². The Morgan fingerprint density at radius 2 is 1.94 bits per heavy atom. The lowest BCUT2D eigenvalue weighted by Crippen LogP contribution is -2.57. The maximum absolute atomic E-state index is 13.1. The molecule has 2 N–H and O–H groups in total. The lowest BCUT2D eigenvalue weighted by Gasteiger charge is -2.34. The van der Waals surface area contributed by atoms with Crippen molar-refractivity contribution in [3.8, 4) is 10.4 Å². The summed E-state index contributed by atoms with van der Waals surface area (Å²) in [7, 11) is 0. The summed E-state index contributed by atoms with van der Waals surface area (Å²) in [6.07, 6.45) is 0. The van der Waals surface area contributed by atoms with E-state index < -0.39 is 17.5 Å². The van der Waals surface area contributed by atoms with E-state index >= 15 is 0 Å². The van der Waals surface area contributed by atoms with Crippen molar-refractivity contribution in [3.05, 3.63) is 41.0 Å². The fourth-order valence-corrected chi connectivity index (χ4v) is 4.37. The second-order valence-corrected chi connectivity index (χ2v) is 9.86. The van der Waals surface area contributed by atoms with Crippen molar-refractivity contribution in [3.63, 3.8) is 0 Å². The number of nitrogens with zero attached hydrogens (tertiary/aromatic N) is 2. The van der Waals surface area contributed by atoms with Crippen LogP contribution in [0.25, 0.3) is 10.4 Å². The quantitative estimate of drug-likeness (QED) is 0.693. The normalized spacial score (nSPS) is 17.2.